The van der Waals surface area contributed by atoms with Crippen LogP contribution in [0.5, 0.6) is 0 Å². The van der Waals surface area contributed by atoms with Crippen molar-refractivity contribution in [1.82, 2.24) is 15.5 Å². The van der Waals surface area contributed by atoms with Crippen molar-refractivity contribution in [1.29, 1.82) is 0 Å². The van der Waals surface area contributed by atoms with E-state index in [4.69, 9.17) is 14.5 Å². The van der Waals surface area contributed by atoms with E-state index in [0.717, 1.165) is 64.8 Å². The van der Waals surface area contributed by atoms with Gasteiger partial charge in [0.05, 0.1) is 25.4 Å². The van der Waals surface area contributed by atoms with Crippen LogP contribution in [0.15, 0.2) is 4.99 Å². The smallest absolute Gasteiger partial charge is 0.191 e. The van der Waals surface area contributed by atoms with Gasteiger partial charge in [-0.05, 0) is 39.0 Å². The molecule has 6 heteroatoms. The summed E-state index contributed by atoms with van der Waals surface area (Å²) in [7, 11) is 0. The molecule has 0 aromatic carbocycles. The van der Waals surface area contributed by atoms with Gasteiger partial charge in [0.25, 0.3) is 0 Å². The fraction of sp³-hybridized carbons (Fsp3) is 0.947. The zero-order valence-corrected chi connectivity index (χ0v) is 16.6. The predicted octanol–water partition coefficient (Wildman–Crippen LogP) is 1.86. The predicted molar refractivity (Wildman–Crippen MR) is 103 cm³/mol. The third kappa shape index (κ3) is 7.12. The normalized spacial score (nSPS) is 26.8. The number of aliphatic imine (C=N–C) groups is 1. The average molecular weight is 355 g/mol. The van der Waals surface area contributed by atoms with Crippen molar-refractivity contribution in [3.8, 4) is 0 Å². The highest BCUT2D eigenvalue weighted by atomic mass is 16.5. The SMILES string of the molecule is CCNC(=NCC1(C)CCCO1)NCC(CC(C)C)N1CCOCC1. The molecule has 0 bridgehead atoms. The molecule has 25 heavy (non-hydrogen) atoms. The Kier molecular flexibility index (Phi) is 8.46. The second-order valence-corrected chi connectivity index (χ2v) is 7.91. The van der Waals surface area contributed by atoms with Gasteiger partial charge in [0.15, 0.2) is 5.96 Å². The number of ether oxygens (including phenoxy) is 2. The second kappa shape index (κ2) is 10.3. The van der Waals surface area contributed by atoms with Crippen molar-refractivity contribution in [2.45, 2.75) is 58.6 Å². The van der Waals surface area contributed by atoms with Gasteiger partial charge in [0.1, 0.15) is 0 Å². The molecule has 0 spiro atoms. The Hall–Kier alpha value is -0.850. The number of hydrogen-bond donors (Lipinski definition) is 2. The van der Waals surface area contributed by atoms with Crippen LogP contribution in [-0.2, 0) is 9.47 Å². The van der Waals surface area contributed by atoms with Crippen molar-refractivity contribution in [3.05, 3.63) is 0 Å². The van der Waals surface area contributed by atoms with Gasteiger partial charge in [-0.1, -0.05) is 13.8 Å². The number of hydrogen-bond acceptors (Lipinski definition) is 4. The third-order valence-corrected chi connectivity index (χ3v) is 5.03. The zero-order chi connectivity index (χ0) is 18.1. The Morgan fingerprint density at radius 1 is 1.20 bits per heavy atom. The van der Waals surface area contributed by atoms with E-state index in [-0.39, 0.29) is 5.60 Å². The molecule has 2 aliphatic rings. The van der Waals surface area contributed by atoms with Crippen molar-refractivity contribution >= 4 is 5.96 Å². The molecule has 0 aliphatic carbocycles. The molecule has 146 valence electrons. The first kappa shape index (κ1) is 20.5. The van der Waals surface area contributed by atoms with Gasteiger partial charge in [-0.3, -0.25) is 9.89 Å². The van der Waals surface area contributed by atoms with Crippen LogP contribution in [0.2, 0.25) is 0 Å². The Morgan fingerprint density at radius 3 is 2.56 bits per heavy atom. The van der Waals surface area contributed by atoms with E-state index in [2.05, 4.69) is 43.2 Å². The molecule has 2 atom stereocenters. The molecular weight excluding hydrogens is 316 g/mol. The number of rotatable bonds is 8. The summed E-state index contributed by atoms with van der Waals surface area (Å²) in [6, 6.07) is 0.520. The Bertz CT molecular complexity index is 402. The van der Waals surface area contributed by atoms with E-state index in [1.165, 1.54) is 6.42 Å². The summed E-state index contributed by atoms with van der Waals surface area (Å²) < 4.78 is 11.4. The molecule has 2 N–H and O–H groups in total. The molecule has 2 aliphatic heterocycles. The van der Waals surface area contributed by atoms with Gasteiger partial charge < -0.3 is 20.1 Å². The van der Waals surface area contributed by atoms with E-state index in [1.54, 1.807) is 0 Å². The van der Waals surface area contributed by atoms with Crippen LogP contribution in [0.4, 0.5) is 0 Å². The van der Waals surface area contributed by atoms with Crippen molar-refractivity contribution < 1.29 is 9.47 Å². The minimum absolute atomic E-state index is 0.0934. The van der Waals surface area contributed by atoms with E-state index >= 15 is 0 Å². The lowest BCUT2D eigenvalue weighted by atomic mass is 10.0. The Morgan fingerprint density at radius 2 is 1.96 bits per heavy atom. The summed E-state index contributed by atoms with van der Waals surface area (Å²) in [6.45, 7) is 16.0. The van der Waals surface area contributed by atoms with Gasteiger partial charge in [-0.25, -0.2) is 0 Å². The quantitative estimate of drug-likeness (QED) is 0.515. The van der Waals surface area contributed by atoms with Crippen LogP contribution in [0.1, 0.15) is 47.0 Å². The molecule has 0 saturated carbocycles. The van der Waals surface area contributed by atoms with Gasteiger partial charge >= 0.3 is 0 Å². The lowest BCUT2D eigenvalue weighted by Crippen LogP contribution is -2.51. The zero-order valence-electron chi connectivity index (χ0n) is 16.6. The standard InChI is InChI=1S/C19H38N4O2/c1-5-20-18(22-15-19(4)7-6-10-25-19)21-14-17(13-16(2)3)23-8-11-24-12-9-23/h16-17H,5-15H2,1-4H3,(H2,20,21,22). The monoisotopic (exact) mass is 354 g/mol. The van der Waals surface area contributed by atoms with Gasteiger partial charge in [0, 0.05) is 38.8 Å². The van der Waals surface area contributed by atoms with Crippen LogP contribution in [0, 0.1) is 5.92 Å². The number of nitrogens with one attached hydrogen (secondary N) is 2. The summed E-state index contributed by atoms with van der Waals surface area (Å²) >= 11 is 0. The van der Waals surface area contributed by atoms with Crippen LogP contribution in [0.3, 0.4) is 0 Å². The molecule has 2 fully saturated rings. The molecule has 2 rings (SSSR count). The average Bonchev–Trinajstić information content (AvgIpc) is 3.03. The van der Waals surface area contributed by atoms with Crippen LogP contribution < -0.4 is 10.6 Å². The van der Waals surface area contributed by atoms with Crippen LogP contribution in [0.25, 0.3) is 0 Å². The van der Waals surface area contributed by atoms with E-state index in [0.29, 0.717) is 18.5 Å². The van der Waals surface area contributed by atoms with E-state index in [9.17, 15) is 0 Å². The first-order valence-electron chi connectivity index (χ1n) is 10.0. The summed E-state index contributed by atoms with van der Waals surface area (Å²) in [5, 5.41) is 6.94. The molecule has 2 heterocycles. The van der Waals surface area contributed by atoms with E-state index in [1.807, 2.05) is 0 Å². The molecular formula is C19H38N4O2. The summed E-state index contributed by atoms with van der Waals surface area (Å²) in [5.41, 5.74) is -0.0934. The Labute approximate surface area is 153 Å². The van der Waals surface area contributed by atoms with Gasteiger partial charge in [-0.2, -0.15) is 0 Å². The lowest BCUT2D eigenvalue weighted by Gasteiger charge is -2.35. The highest BCUT2D eigenvalue weighted by Crippen LogP contribution is 2.25. The summed E-state index contributed by atoms with van der Waals surface area (Å²) in [5.74, 6) is 1.58. The summed E-state index contributed by atoms with van der Waals surface area (Å²) in [4.78, 5) is 7.35. The molecule has 6 nitrogen and oxygen atoms in total. The molecule has 0 radical (unpaired) electrons. The molecule has 0 aromatic rings. The number of nitrogens with zero attached hydrogens (tertiary/aromatic N) is 2. The van der Waals surface area contributed by atoms with Crippen molar-refractivity contribution in [2.75, 3.05) is 52.5 Å². The first-order chi connectivity index (χ1) is 12.0. The van der Waals surface area contributed by atoms with Crippen LogP contribution >= 0.6 is 0 Å². The summed E-state index contributed by atoms with van der Waals surface area (Å²) in [6.07, 6.45) is 3.43. The highest BCUT2D eigenvalue weighted by molar-refractivity contribution is 5.79. The van der Waals surface area contributed by atoms with Crippen molar-refractivity contribution in [2.24, 2.45) is 10.9 Å². The molecule has 0 aromatic heterocycles. The largest absolute Gasteiger partial charge is 0.379 e. The molecule has 0 amide bonds. The lowest BCUT2D eigenvalue weighted by molar-refractivity contribution is 0.0132. The maximum atomic E-state index is 5.86. The minimum atomic E-state index is -0.0934. The Balaban J connectivity index is 1.90. The third-order valence-electron chi connectivity index (χ3n) is 5.03. The maximum absolute atomic E-state index is 5.86. The van der Waals surface area contributed by atoms with Gasteiger partial charge in [0.2, 0.25) is 0 Å². The number of morpholine rings is 1. The fourth-order valence-electron chi connectivity index (χ4n) is 3.61. The van der Waals surface area contributed by atoms with Crippen LogP contribution in [-0.4, -0.2) is 75.0 Å². The van der Waals surface area contributed by atoms with E-state index < -0.39 is 0 Å². The molecule has 2 saturated heterocycles. The topological polar surface area (TPSA) is 58.1 Å². The number of guanidine groups is 1. The molecule has 2 unspecified atom stereocenters. The van der Waals surface area contributed by atoms with Gasteiger partial charge in [-0.15, -0.1) is 0 Å². The second-order valence-electron chi connectivity index (χ2n) is 7.91. The minimum Gasteiger partial charge on any atom is -0.379 e. The highest BCUT2D eigenvalue weighted by Gasteiger charge is 2.29. The van der Waals surface area contributed by atoms with Crippen molar-refractivity contribution in [3.63, 3.8) is 0 Å². The maximum Gasteiger partial charge on any atom is 0.191 e. The fourth-order valence-corrected chi connectivity index (χ4v) is 3.61. The first-order valence-corrected chi connectivity index (χ1v) is 10.0.